The predicted molar refractivity (Wildman–Crippen MR) is 131 cm³/mol. The molecule has 0 unspecified atom stereocenters. The summed E-state index contributed by atoms with van der Waals surface area (Å²) in [7, 11) is -3.97. The van der Waals surface area contributed by atoms with E-state index in [9.17, 15) is 13.2 Å². The van der Waals surface area contributed by atoms with Gasteiger partial charge in [0, 0.05) is 30.5 Å². The van der Waals surface area contributed by atoms with Crippen LogP contribution in [0.4, 0.5) is 17.1 Å². The fourth-order valence-corrected chi connectivity index (χ4v) is 5.31. The van der Waals surface area contributed by atoms with Gasteiger partial charge >= 0.3 is 0 Å². The number of benzene rings is 3. The van der Waals surface area contributed by atoms with Gasteiger partial charge in [0.25, 0.3) is 15.9 Å². The molecule has 0 saturated heterocycles. The lowest BCUT2D eigenvalue weighted by Crippen LogP contribution is -2.20. The lowest BCUT2D eigenvalue weighted by molar-refractivity contribution is 0.102. The van der Waals surface area contributed by atoms with Crippen LogP contribution >= 0.6 is 0 Å². The number of amides is 1. The fourth-order valence-electron chi connectivity index (χ4n) is 4.21. The largest absolute Gasteiger partial charge is 0.486 e. The Morgan fingerprint density at radius 3 is 2.62 bits per heavy atom. The molecule has 1 amide bonds. The van der Waals surface area contributed by atoms with E-state index in [1.807, 2.05) is 18.2 Å². The molecule has 0 spiro atoms. The number of nitrogens with one attached hydrogen (secondary N) is 2. The van der Waals surface area contributed by atoms with Crippen molar-refractivity contribution in [3.63, 3.8) is 0 Å². The predicted octanol–water partition coefficient (Wildman–Crippen LogP) is 3.89. The Labute approximate surface area is 198 Å². The molecule has 176 valence electrons. The standard InChI is InChI=1S/C25H25N3O5S/c1-2-28-12-11-17-7-8-18(15-22(17)28)26-25(29)20-5-3-4-6-21(20)27-34(30,31)19-9-10-23-24(16-19)33-14-13-32-23/h3-10,15-16,27H,2,11-14H2,1H3,(H,26,29). The van der Waals surface area contributed by atoms with Gasteiger partial charge in [-0.05, 0) is 55.3 Å². The summed E-state index contributed by atoms with van der Waals surface area (Å²) in [6.07, 6.45) is 0.988. The Balaban J connectivity index is 1.38. The van der Waals surface area contributed by atoms with Gasteiger partial charge in [0.2, 0.25) is 0 Å². The number of ether oxygens (including phenoxy) is 2. The van der Waals surface area contributed by atoms with Gasteiger partial charge in [-0.1, -0.05) is 18.2 Å². The molecular weight excluding hydrogens is 454 g/mol. The van der Waals surface area contributed by atoms with E-state index in [1.54, 1.807) is 30.3 Å². The second-order valence-corrected chi connectivity index (χ2v) is 9.77. The Morgan fingerprint density at radius 1 is 1.00 bits per heavy atom. The van der Waals surface area contributed by atoms with Crippen LogP contribution in [0.5, 0.6) is 11.5 Å². The number of carbonyl (C=O) groups is 1. The second kappa shape index (κ2) is 8.90. The summed E-state index contributed by atoms with van der Waals surface area (Å²) in [5.74, 6) is 0.473. The van der Waals surface area contributed by atoms with Crippen molar-refractivity contribution in [1.29, 1.82) is 0 Å². The highest BCUT2D eigenvalue weighted by atomic mass is 32.2. The summed E-state index contributed by atoms with van der Waals surface area (Å²) in [6, 6.07) is 16.8. The number of para-hydroxylation sites is 1. The van der Waals surface area contributed by atoms with Crippen molar-refractivity contribution in [2.45, 2.75) is 18.2 Å². The molecule has 0 radical (unpaired) electrons. The van der Waals surface area contributed by atoms with Gasteiger partial charge < -0.3 is 19.7 Å². The van der Waals surface area contributed by atoms with E-state index in [4.69, 9.17) is 9.47 Å². The zero-order valence-corrected chi connectivity index (χ0v) is 19.5. The molecule has 8 nitrogen and oxygen atoms in total. The van der Waals surface area contributed by atoms with Gasteiger partial charge in [-0.3, -0.25) is 9.52 Å². The lowest BCUT2D eigenvalue weighted by atomic mass is 10.1. The average molecular weight is 480 g/mol. The Hall–Kier alpha value is -3.72. The van der Waals surface area contributed by atoms with Gasteiger partial charge in [-0.25, -0.2) is 8.42 Å². The van der Waals surface area contributed by atoms with E-state index in [1.165, 1.54) is 17.7 Å². The second-order valence-electron chi connectivity index (χ2n) is 8.08. The molecule has 0 aliphatic carbocycles. The van der Waals surface area contributed by atoms with Crippen LogP contribution in [-0.4, -0.2) is 40.6 Å². The summed E-state index contributed by atoms with van der Waals surface area (Å²) >= 11 is 0. The van der Waals surface area contributed by atoms with Crippen molar-refractivity contribution >= 4 is 33.0 Å². The quantitative estimate of drug-likeness (QED) is 0.557. The zero-order valence-electron chi connectivity index (χ0n) is 18.7. The smallest absolute Gasteiger partial charge is 0.262 e. The van der Waals surface area contributed by atoms with Crippen molar-refractivity contribution in [3.8, 4) is 11.5 Å². The summed E-state index contributed by atoms with van der Waals surface area (Å²) in [5.41, 5.74) is 3.44. The van der Waals surface area contributed by atoms with Crippen LogP contribution in [0.25, 0.3) is 0 Å². The van der Waals surface area contributed by atoms with Crippen molar-refractivity contribution in [2.75, 3.05) is 41.2 Å². The average Bonchev–Trinajstić information content (AvgIpc) is 3.26. The van der Waals surface area contributed by atoms with Gasteiger partial charge in [0.1, 0.15) is 13.2 Å². The topological polar surface area (TPSA) is 97.0 Å². The zero-order chi connectivity index (χ0) is 23.7. The van der Waals surface area contributed by atoms with E-state index in [2.05, 4.69) is 21.9 Å². The lowest BCUT2D eigenvalue weighted by Gasteiger charge is -2.19. The highest BCUT2D eigenvalue weighted by Crippen LogP contribution is 2.34. The number of hydrogen-bond acceptors (Lipinski definition) is 6. The van der Waals surface area contributed by atoms with Gasteiger partial charge in [-0.15, -0.1) is 0 Å². The number of rotatable bonds is 6. The van der Waals surface area contributed by atoms with Crippen LogP contribution in [0.3, 0.4) is 0 Å². The number of carbonyl (C=O) groups excluding carboxylic acids is 1. The molecule has 9 heteroatoms. The number of fused-ring (bicyclic) bond motifs is 2. The molecule has 0 atom stereocenters. The molecule has 2 aliphatic heterocycles. The van der Waals surface area contributed by atoms with E-state index in [0.29, 0.717) is 30.4 Å². The first-order valence-electron chi connectivity index (χ1n) is 11.2. The van der Waals surface area contributed by atoms with Crippen molar-refractivity contribution in [2.24, 2.45) is 0 Å². The molecule has 0 bridgehead atoms. The molecule has 34 heavy (non-hydrogen) atoms. The third kappa shape index (κ3) is 4.26. The summed E-state index contributed by atoms with van der Waals surface area (Å²) < 4.78 is 39.6. The number of anilines is 3. The van der Waals surface area contributed by atoms with Crippen LogP contribution in [0.15, 0.2) is 65.6 Å². The third-order valence-corrected chi connectivity index (χ3v) is 7.32. The molecule has 0 aromatic heterocycles. The molecule has 2 heterocycles. The SMILES string of the molecule is CCN1CCc2ccc(NC(=O)c3ccccc3NS(=O)(=O)c3ccc4c(c3)OCCO4)cc21. The highest BCUT2D eigenvalue weighted by Gasteiger charge is 2.23. The normalized spacial score (nSPS) is 14.4. The Bertz CT molecular complexity index is 1360. The van der Waals surface area contributed by atoms with Crippen LogP contribution in [0.2, 0.25) is 0 Å². The van der Waals surface area contributed by atoms with E-state index in [0.717, 1.165) is 25.2 Å². The van der Waals surface area contributed by atoms with Gasteiger partial charge in [0.05, 0.1) is 16.1 Å². The van der Waals surface area contributed by atoms with E-state index in [-0.39, 0.29) is 16.1 Å². The number of sulfonamides is 1. The first-order valence-corrected chi connectivity index (χ1v) is 12.6. The number of hydrogen-bond donors (Lipinski definition) is 2. The Morgan fingerprint density at radius 2 is 1.79 bits per heavy atom. The van der Waals surface area contributed by atoms with Gasteiger partial charge in [0.15, 0.2) is 11.5 Å². The molecule has 0 saturated carbocycles. The van der Waals surface area contributed by atoms with Crippen LogP contribution in [0, 0.1) is 0 Å². The summed E-state index contributed by atoms with van der Waals surface area (Å²) in [4.78, 5) is 15.4. The molecule has 3 aromatic carbocycles. The summed E-state index contributed by atoms with van der Waals surface area (Å²) in [5, 5.41) is 2.90. The first kappa shape index (κ1) is 22.1. The summed E-state index contributed by atoms with van der Waals surface area (Å²) in [6.45, 7) is 4.74. The highest BCUT2D eigenvalue weighted by molar-refractivity contribution is 7.92. The maximum Gasteiger partial charge on any atom is 0.262 e. The molecule has 2 aliphatic rings. The number of likely N-dealkylation sites (N-methyl/N-ethyl adjacent to an activating group) is 1. The van der Waals surface area contributed by atoms with Crippen molar-refractivity contribution in [1.82, 2.24) is 0 Å². The van der Waals surface area contributed by atoms with Crippen LogP contribution in [-0.2, 0) is 16.4 Å². The Kier molecular flexibility index (Phi) is 5.79. The van der Waals surface area contributed by atoms with Crippen LogP contribution < -0.4 is 24.4 Å². The van der Waals surface area contributed by atoms with Crippen molar-refractivity contribution in [3.05, 3.63) is 71.8 Å². The fraction of sp³-hybridized carbons (Fsp3) is 0.240. The first-order chi connectivity index (χ1) is 16.4. The maximum absolute atomic E-state index is 13.1. The van der Waals surface area contributed by atoms with Crippen LogP contribution in [0.1, 0.15) is 22.8 Å². The van der Waals surface area contributed by atoms with Gasteiger partial charge in [-0.2, -0.15) is 0 Å². The molecular formula is C25H25N3O5S. The molecule has 2 N–H and O–H groups in total. The van der Waals surface area contributed by atoms with Crippen molar-refractivity contribution < 1.29 is 22.7 Å². The molecule has 0 fully saturated rings. The monoisotopic (exact) mass is 479 g/mol. The van der Waals surface area contributed by atoms with E-state index < -0.39 is 15.9 Å². The maximum atomic E-state index is 13.1. The molecule has 5 rings (SSSR count). The minimum atomic E-state index is -3.97. The number of nitrogens with zero attached hydrogens (tertiary/aromatic N) is 1. The third-order valence-electron chi connectivity index (χ3n) is 5.96. The van der Waals surface area contributed by atoms with E-state index >= 15 is 0 Å². The minimum absolute atomic E-state index is 0.0187. The molecule has 3 aromatic rings. The minimum Gasteiger partial charge on any atom is -0.486 e.